The highest BCUT2D eigenvalue weighted by atomic mass is 32.2. The van der Waals surface area contributed by atoms with Gasteiger partial charge in [0.1, 0.15) is 5.82 Å². The van der Waals surface area contributed by atoms with Crippen LogP contribution in [0.4, 0.5) is 10.1 Å². The standard InChI is InChI=1S/C20H15FN2O2S/c21-17-6-4-14(5-7-17)15-2-1-3-19(13-15)26(24,25)23-18-8-9-20-16(12-18)10-11-22-20/h1-13,22-23H. The number of H-pyrrole nitrogens is 1. The molecule has 0 spiro atoms. The fraction of sp³-hybridized carbons (Fsp3) is 0. The van der Waals surface area contributed by atoms with Crippen LogP contribution in [0.2, 0.25) is 0 Å². The Morgan fingerprint density at radius 2 is 1.65 bits per heavy atom. The molecule has 4 rings (SSSR count). The van der Waals surface area contributed by atoms with E-state index in [1.54, 1.807) is 48.7 Å². The summed E-state index contributed by atoms with van der Waals surface area (Å²) >= 11 is 0. The molecule has 0 aliphatic carbocycles. The van der Waals surface area contributed by atoms with Crippen molar-refractivity contribution in [1.29, 1.82) is 0 Å². The minimum absolute atomic E-state index is 0.147. The van der Waals surface area contributed by atoms with Gasteiger partial charge in [-0.3, -0.25) is 4.72 Å². The van der Waals surface area contributed by atoms with Crippen LogP contribution >= 0.6 is 0 Å². The molecule has 0 bridgehead atoms. The van der Waals surface area contributed by atoms with Crippen LogP contribution in [0.5, 0.6) is 0 Å². The number of hydrogen-bond donors (Lipinski definition) is 2. The van der Waals surface area contributed by atoms with E-state index in [1.165, 1.54) is 18.2 Å². The summed E-state index contributed by atoms with van der Waals surface area (Å²) in [5, 5.41) is 0.922. The molecule has 26 heavy (non-hydrogen) atoms. The minimum Gasteiger partial charge on any atom is -0.361 e. The summed E-state index contributed by atoms with van der Waals surface area (Å²) in [6.45, 7) is 0. The third-order valence-electron chi connectivity index (χ3n) is 4.13. The lowest BCUT2D eigenvalue weighted by Gasteiger charge is -2.10. The molecule has 130 valence electrons. The minimum atomic E-state index is -3.74. The molecule has 6 heteroatoms. The Morgan fingerprint density at radius 3 is 2.46 bits per heavy atom. The number of aromatic amines is 1. The van der Waals surface area contributed by atoms with Gasteiger partial charge in [-0.2, -0.15) is 0 Å². The van der Waals surface area contributed by atoms with Crippen LogP contribution in [0.3, 0.4) is 0 Å². The molecule has 0 aliphatic rings. The second-order valence-corrected chi connectivity index (χ2v) is 7.60. The summed E-state index contributed by atoms with van der Waals surface area (Å²) in [7, 11) is -3.74. The van der Waals surface area contributed by atoms with Crippen molar-refractivity contribution in [3.8, 4) is 11.1 Å². The molecule has 0 radical (unpaired) electrons. The van der Waals surface area contributed by atoms with Crippen molar-refractivity contribution in [1.82, 2.24) is 4.98 Å². The van der Waals surface area contributed by atoms with Gasteiger partial charge in [0.15, 0.2) is 0 Å². The molecule has 0 saturated heterocycles. The molecule has 3 aromatic carbocycles. The van der Waals surface area contributed by atoms with Gasteiger partial charge in [-0.1, -0.05) is 24.3 Å². The van der Waals surface area contributed by atoms with E-state index in [4.69, 9.17) is 0 Å². The Bertz CT molecular complexity index is 1180. The number of fused-ring (bicyclic) bond motifs is 1. The number of rotatable bonds is 4. The quantitative estimate of drug-likeness (QED) is 0.546. The van der Waals surface area contributed by atoms with Gasteiger partial charge in [-0.25, -0.2) is 12.8 Å². The van der Waals surface area contributed by atoms with Gasteiger partial charge in [-0.15, -0.1) is 0 Å². The maximum absolute atomic E-state index is 13.1. The van der Waals surface area contributed by atoms with Gasteiger partial charge >= 0.3 is 0 Å². The van der Waals surface area contributed by atoms with Crippen LogP contribution in [0.1, 0.15) is 0 Å². The van der Waals surface area contributed by atoms with E-state index < -0.39 is 10.0 Å². The normalized spacial score (nSPS) is 11.6. The number of benzene rings is 3. The lowest BCUT2D eigenvalue weighted by molar-refractivity contribution is 0.601. The highest BCUT2D eigenvalue weighted by molar-refractivity contribution is 7.92. The van der Waals surface area contributed by atoms with Gasteiger partial charge in [0, 0.05) is 22.8 Å². The number of anilines is 1. The average Bonchev–Trinajstić information content (AvgIpc) is 3.10. The first kappa shape index (κ1) is 16.4. The van der Waals surface area contributed by atoms with E-state index in [2.05, 4.69) is 9.71 Å². The molecular formula is C20H15FN2O2S. The first-order valence-electron chi connectivity index (χ1n) is 7.97. The van der Waals surface area contributed by atoms with Crippen molar-refractivity contribution in [2.75, 3.05) is 4.72 Å². The Kier molecular flexibility index (Phi) is 3.97. The van der Waals surface area contributed by atoms with Crippen LogP contribution in [0.25, 0.3) is 22.0 Å². The SMILES string of the molecule is O=S(=O)(Nc1ccc2[nH]ccc2c1)c1cccc(-c2ccc(F)cc2)c1. The second-order valence-electron chi connectivity index (χ2n) is 5.92. The largest absolute Gasteiger partial charge is 0.361 e. The summed E-state index contributed by atoms with van der Waals surface area (Å²) in [5.41, 5.74) is 2.88. The van der Waals surface area contributed by atoms with Crippen molar-refractivity contribution in [3.05, 3.63) is 84.8 Å². The molecule has 0 aliphatic heterocycles. The van der Waals surface area contributed by atoms with Crippen molar-refractivity contribution >= 4 is 26.6 Å². The molecule has 0 amide bonds. The van der Waals surface area contributed by atoms with Gasteiger partial charge < -0.3 is 4.98 Å². The Hall–Kier alpha value is -3.12. The van der Waals surface area contributed by atoms with Crippen LogP contribution in [-0.4, -0.2) is 13.4 Å². The lowest BCUT2D eigenvalue weighted by atomic mass is 10.1. The molecule has 1 heterocycles. The summed E-state index contributed by atoms with van der Waals surface area (Å²) in [6.07, 6.45) is 1.80. The maximum Gasteiger partial charge on any atom is 0.261 e. The molecule has 0 saturated carbocycles. The summed E-state index contributed by atoms with van der Waals surface area (Å²) < 4.78 is 41.2. The first-order valence-corrected chi connectivity index (χ1v) is 9.46. The van der Waals surface area contributed by atoms with E-state index >= 15 is 0 Å². The topological polar surface area (TPSA) is 62.0 Å². The zero-order valence-corrected chi connectivity index (χ0v) is 14.4. The molecule has 0 fully saturated rings. The molecule has 4 nitrogen and oxygen atoms in total. The lowest BCUT2D eigenvalue weighted by Crippen LogP contribution is -2.12. The van der Waals surface area contributed by atoms with Gasteiger partial charge in [0.05, 0.1) is 4.90 Å². The Morgan fingerprint density at radius 1 is 0.846 bits per heavy atom. The third kappa shape index (κ3) is 3.19. The molecule has 4 aromatic rings. The Labute approximate surface area is 150 Å². The maximum atomic E-state index is 13.1. The predicted octanol–water partition coefficient (Wildman–Crippen LogP) is 4.77. The van der Waals surface area contributed by atoms with Crippen LogP contribution in [0, 0.1) is 5.82 Å². The van der Waals surface area contributed by atoms with Gasteiger partial charge in [0.2, 0.25) is 0 Å². The van der Waals surface area contributed by atoms with Crippen LogP contribution in [0.15, 0.2) is 83.9 Å². The number of nitrogens with one attached hydrogen (secondary N) is 2. The number of aromatic nitrogens is 1. The molecule has 2 N–H and O–H groups in total. The van der Waals surface area contributed by atoms with E-state index in [9.17, 15) is 12.8 Å². The predicted molar refractivity (Wildman–Crippen MR) is 101 cm³/mol. The number of sulfonamides is 1. The van der Waals surface area contributed by atoms with Crippen molar-refractivity contribution in [2.45, 2.75) is 4.90 Å². The summed E-state index contributed by atoms with van der Waals surface area (Å²) in [4.78, 5) is 3.21. The van der Waals surface area contributed by atoms with E-state index in [0.717, 1.165) is 16.5 Å². The zero-order chi connectivity index (χ0) is 18.1. The van der Waals surface area contributed by atoms with E-state index in [-0.39, 0.29) is 10.7 Å². The van der Waals surface area contributed by atoms with Crippen molar-refractivity contribution in [3.63, 3.8) is 0 Å². The van der Waals surface area contributed by atoms with E-state index in [1.807, 2.05) is 12.1 Å². The van der Waals surface area contributed by atoms with Gasteiger partial charge in [0.25, 0.3) is 10.0 Å². The van der Waals surface area contributed by atoms with Gasteiger partial charge in [-0.05, 0) is 59.7 Å². The monoisotopic (exact) mass is 366 g/mol. The van der Waals surface area contributed by atoms with Crippen molar-refractivity contribution < 1.29 is 12.8 Å². The third-order valence-corrected chi connectivity index (χ3v) is 5.51. The van der Waals surface area contributed by atoms with E-state index in [0.29, 0.717) is 11.3 Å². The van der Waals surface area contributed by atoms with Crippen LogP contribution < -0.4 is 4.72 Å². The highest BCUT2D eigenvalue weighted by Crippen LogP contribution is 2.25. The van der Waals surface area contributed by atoms with Crippen LogP contribution in [-0.2, 0) is 10.0 Å². The molecule has 0 unspecified atom stereocenters. The van der Waals surface area contributed by atoms with Crippen molar-refractivity contribution in [2.24, 2.45) is 0 Å². The average molecular weight is 366 g/mol. The zero-order valence-electron chi connectivity index (χ0n) is 13.6. The first-order chi connectivity index (χ1) is 12.5. The molecule has 1 aromatic heterocycles. The fourth-order valence-electron chi connectivity index (χ4n) is 2.82. The second kappa shape index (κ2) is 6.31. The molecule has 0 atom stereocenters. The fourth-order valence-corrected chi connectivity index (χ4v) is 3.91. The summed E-state index contributed by atoms with van der Waals surface area (Å²) in [5.74, 6) is -0.334. The Balaban J connectivity index is 1.67. The molecular weight excluding hydrogens is 351 g/mol. The number of hydrogen-bond acceptors (Lipinski definition) is 2. The number of halogens is 1. The summed E-state index contributed by atoms with van der Waals surface area (Å²) in [6, 6.07) is 19.7. The smallest absolute Gasteiger partial charge is 0.261 e. The highest BCUT2D eigenvalue weighted by Gasteiger charge is 2.15.